The molecule has 6 rings (SSSR count). The molecule has 0 amide bonds. The zero-order valence-electron chi connectivity index (χ0n) is 33.1. The second-order valence-corrected chi connectivity index (χ2v) is 18.0. The van der Waals surface area contributed by atoms with Crippen molar-refractivity contribution in [1.82, 2.24) is 0 Å². The van der Waals surface area contributed by atoms with E-state index in [0.29, 0.717) is 38.9 Å². The van der Waals surface area contributed by atoms with Crippen molar-refractivity contribution in [3.63, 3.8) is 0 Å². The minimum atomic E-state index is -0.762. The lowest BCUT2D eigenvalue weighted by Crippen LogP contribution is -2.78. The Morgan fingerprint density at radius 1 is 0.400 bits per heavy atom. The Balaban J connectivity index is 1.37. The lowest BCUT2D eigenvalue weighted by atomic mass is 9.49. The van der Waals surface area contributed by atoms with E-state index in [4.69, 9.17) is 56.8 Å². The Labute approximate surface area is 300 Å². The van der Waals surface area contributed by atoms with Crippen molar-refractivity contribution in [3.05, 3.63) is 0 Å². The zero-order chi connectivity index (χ0) is 36.7. The fourth-order valence-corrected chi connectivity index (χ4v) is 12.4. The Kier molecular flexibility index (Phi) is 10.0. The van der Waals surface area contributed by atoms with E-state index in [0.717, 1.165) is 0 Å². The summed E-state index contributed by atoms with van der Waals surface area (Å²) >= 11 is 0. The molecule has 6 aliphatic heterocycles. The summed E-state index contributed by atoms with van der Waals surface area (Å²) in [6.45, 7) is 30.0. The normalized spacial score (nSPS) is 50.5. The van der Waals surface area contributed by atoms with Crippen LogP contribution in [-0.2, 0) is 56.8 Å². The van der Waals surface area contributed by atoms with Gasteiger partial charge in [0.15, 0.2) is 0 Å². The van der Waals surface area contributed by atoms with Crippen molar-refractivity contribution in [2.24, 2.45) is 16.2 Å². The fraction of sp³-hybridized carbons (Fsp3) is 1.00. The molecule has 12 heteroatoms. The van der Waals surface area contributed by atoms with Gasteiger partial charge in [-0.25, -0.2) is 0 Å². The molecule has 0 aromatic rings. The maximum absolute atomic E-state index is 6.86. The van der Waals surface area contributed by atoms with Crippen LogP contribution in [0.15, 0.2) is 0 Å². The van der Waals surface area contributed by atoms with Gasteiger partial charge in [-0.3, -0.25) is 0 Å². The molecule has 0 saturated carbocycles. The maximum atomic E-state index is 6.86. The fourth-order valence-electron chi connectivity index (χ4n) is 12.4. The molecule has 50 heavy (non-hydrogen) atoms. The SMILES string of the molecule is CC1OCOC(C)(CCC2(C)OCOC(C)(CCC3(C)OCOC(C)(C)C34C(C)OCO[C@@H]4C)C23COCOC3(C)C)C12COCOC2(C)C. The van der Waals surface area contributed by atoms with Crippen LogP contribution in [-0.4, -0.2) is 111 Å². The quantitative estimate of drug-likeness (QED) is 0.319. The lowest BCUT2D eigenvalue weighted by molar-refractivity contribution is -0.423. The summed E-state index contributed by atoms with van der Waals surface area (Å²) in [6, 6.07) is 0. The summed E-state index contributed by atoms with van der Waals surface area (Å²) in [4.78, 5) is 0. The van der Waals surface area contributed by atoms with Crippen molar-refractivity contribution in [2.75, 3.05) is 54.0 Å². The topological polar surface area (TPSA) is 111 Å². The molecule has 0 aromatic heterocycles. The molecule has 6 saturated heterocycles. The van der Waals surface area contributed by atoms with Gasteiger partial charge in [0.05, 0.1) is 87.0 Å². The van der Waals surface area contributed by atoms with Crippen LogP contribution in [0.5, 0.6) is 0 Å². The van der Waals surface area contributed by atoms with Gasteiger partial charge in [-0.2, -0.15) is 0 Å². The first kappa shape index (κ1) is 39.2. The summed E-state index contributed by atoms with van der Waals surface area (Å²) in [5.74, 6) is 0. The molecule has 6 heterocycles. The summed E-state index contributed by atoms with van der Waals surface area (Å²) in [5, 5.41) is 0. The average Bonchev–Trinajstić information content (AvgIpc) is 3.01. The highest BCUT2D eigenvalue weighted by atomic mass is 16.7. The van der Waals surface area contributed by atoms with Gasteiger partial charge in [-0.15, -0.1) is 0 Å². The van der Waals surface area contributed by atoms with Gasteiger partial charge in [0, 0.05) is 0 Å². The van der Waals surface area contributed by atoms with Crippen LogP contribution in [0.4, 0.5) is 0 Å². The molecule has 6 aliphatic rings. The Morgan fingerprint density at radius 2 is 0.840 bits per heavy atom. The summed E-state index contributed by atoms with van der Waals surface area (Å²) < 4.78 is 77.2. The minimum Gasteiger partial charge on any atom is -0.354 e. The number of hydrogen-bond donors (Lipinski definition) is 0. The summed E-state index contributed by atoms with van der Waals surface area (Å²) in [7, 11) is 0. The molecular weight excluding hydrogens is 648 g/mol. The van der Waals surface area contributed by atoms with E-state index in [1.54, 1.807) is 0 Å². The molecule has 0 bridgehead atoms. The van der Waals surface area contributed by atoms with Crippen molar-refractivity contribution in [2.45, 2.75) is 173 Å². The van der Waals surface area contributed by atoms with E-state index in [-0.39, 0.29) is 59.1 Å². The third kappa shape index (κ3) is 5.13. The van der Waals surface area contributed by atoms with Gasteiger partial charge < -0.3 is 56.8 Å². The molecule has 0 N–H and O–H groups in total. The highest BCUT2D eigenvalue weighted by molar-refractivity contribution is 5.22. The van der Waals surface area contributed by atoms with Crippen LogP contribution in [0.1, 0.15) is 116 Å². The smallest absolute Gasteiger partial charge is 0.148 e. The molecular formula is C38H66O12. The Hall–Kier alpha value is -0.480. The molecule has 6 fully saturated rings. The predicted molar refractivity (Wildman–Crippen MR) is 182 cm³/mol. The van der Waals surface area contributed by atoms with Crippen LogP contribution in [0.3, 0.4) is 0 Å². The summed E-state index contributed by atoms with van der Waals surface area (Å²) in [6.07, 6.45) is 2.04. The van der Waals surface area contributed by atoms with Crippen molar-refractivity contribution in [3.8, 4) is 0 Å². The first-order chi connectivity index (χ1) is 23.2. The van der Waals surface area contributed by atoms with Gasteiger partial charge in [-0.1, -0.05) is 0 Å². The molecule has 3 spiro atoms. The van der Waals surface area contributed by atoms with Gasteiger partial charge in [0.2, 0.25) is 0 Å². The largest absolute Gasteiger partial charge is 0.354 e. The van der Waals surface area contributed by atoms with Crippen molar-refractivity contribution < 1.29 is 56.8 Å². The van der Waals surface area contributed by atoms with E-state index in [2.05, 4.69) is 90.0 Å². The van der Waals surface area contributed by atoms with E-state index < -0.39 is 55.5 Å². The summed E-state index contributed by atoms with van der Waals surface area (Å²) in [5.41, 5.74) is -6.65. The second-order valence-electron chi connectivity index (χ2n) is 18.0. The molecule has 9 unspecified atom stereocenters. The Morgan fingerprint density at radius 3 is 1.42 bits per heavy atom. The molecule has 0 aromatic carbocycles. The highest BCUT2D eigenvalue weighted by Gasteiger charge is 2.74. The van der Waals surface area contributed by atoms with Crippen molar-refractivity contribution in [1.29, 1.82) is 0 Å². The monoisotopic (exact) mass is 714 g/mol. The molecule has 0 aliphatic carbocycles. The second kappa shape index (κ2) is 12.8. The van der Waals surface area contributed by atoms with Gasteiger partial charge in [0.1, 0.15) is 40.8 Å². The van der Waals surface area contributed by atoms with Gasteiger partial charge in [0.25, 0.3) is 0 Å². The number of rotatable bonds is 6. The Bertz CT molecular complexity index is 1230. The molecule has 290 valence electrons. The third-order valence-corrected chi connectivity index (χ3v) is 15.4. The highest BCUT2D eigenvalue weighted by Crippen LogP contribution is 2.65. The minimum absolute atomic E-state index is 0.126. The maximum Gasteiger partial charge on any atom is 0.148 e. The predicted octanol–water partition coefficient (Wildman–Crippen LogP) is 6.07. The van der Waals surface area contributed by atoms with E-state index in [1.807, 2.05) is 0 Å². The zero-order valence-corrected chi connectivity index (χ0v) is 33.1. The van der Waals surface area contributed by atoms with Crippen LogP contribution in [0, 0.1) is 16.2 Å². The average molecular weight is 715 g/mol. The third-order valence-electron chi connectivity index (χ3n) is 15.4. The van der Waals surface area contributed by atoms with Crippen LogP contribution < -0.4 is 0 Å². The van der Waals surface area contributed by atoms with Gasteiger partial charge >= 0.3 is 0 Å². The van der Waals surface area contributed by atoms with E-state index in [9.17, 15) is 0 Å². The van der Waals surface area contributed by atoms with Gasteiger partial charge in [-0.05, 0) is 116 Å². The van der Waals surface area contributed by atoms with Crippen LogP contribution in [0.25, 0.3) is 0 Å². The number of hydrogen-bond acceptors (Lipinski definition) is 12. The van der Waals surface area contributed by atoms with Crippen LogP contribution in [0.2, 0.25) is 0 Å². The van der Waals surface area contributed by atoms with Crippen LogP contribution >= 0.6 is 0 Å². The molecule has 0 radical (unpaired) electrons. The number of ether oxygens (including phenoxy) is 12. The first-order valence-corrected chi connectivity index (χ1v) is 18.6. The van der Waals surface area contributed by atoms with E-state index >= 15 is 0 Å². The molecule has 12 nitrogen and oxygen atoms in total. The van der Waals surface area contributed by atoms with E-state index in [1.165, 1.54) is 0 Å². The first-order valence-electron chi connectivity index (χ1n) is 18.6. The lowest BCUT2D eigenvalue weighted by Gasteiger charge is -2.69. The van der Waals surface area contributed by atoms with Crippen molar-refractivity contribution >= 4 is 0 Å². The molecule has 10 atom stereocenters. The standard InChI is InChI=1S/C38H66O12/c1-26-36(18-39-20-44-29(36,4)5)32(10,47-23-43-26)14-15-33(11)37(19-40-21-45-30(37,6)7)34(12,49-25-48-33)16-17-35(13)38(31(8,9)46-24-50-35)27(2)41-22-42-28(38)3/h26-28H,14-25H2,1-13H3/t26?,27-,28?,32?,33?,34?,35?,36?,37?,38?/m1/s1.